The maximum atomic E-state index is 12.6. The maximum absolute atomic E-state index is 12.6. The van der Waals surface area contributed by atoms with Crippen LogP contribution in [-0.2, 0) is 14.8 Å². The molecule has 0 spiro atoms. The first-order valence-electron chi connectivity index (χ1n) is 7.31. The Morgan fingerprint density at radius 3 is 2.86 bits per heavy atom. The van der Waals surface area contributed by atoms with Crippen molar-refractivity contribution in [3.63, 3.8) is 0 Å². The van der Waals surface area contributed by atoms with Gasteiger partial charge in [-0.15, -0.1) is 0 Å². The van der Waals surface area contributed by atoms with Crippen molar-refractivity contribution in [3.05, 3.63) is 34.9 Å². The lowest BCUT2D eigenvalue weighted by Crippen LogP contribution is -2.44. The Labute approximate surface area is 136 Å². The van der Waals surface area contributed by atoms with E-state index in [-0.39, 0.29) is 23.5 Å². The van der Waals surface area contributed by atoms with Gasteiger partial charge in [-0.3, -0.25) is 4.79 Å². The summed E-state index contributed by atoms with van der Waals surface area (Å²) < 4.78 is 22.5. The molecule has 0 radical (unpaired) electrons. The minimum Gasteiger partial charge on any atom is -0.342 e. The van der Waals surface area contributed by atoms with Gasteiger partial charge in [0.25, 0.3) is 0 Å². The van der Waals surface area contributed by atoms with Gasteiger partial charge in [0, 0.05) is 18.1 Å². The number of rotatable bonds is 4. The molecule has 2 unspecified atom stereocenters. The third-order valence-electron chi connectivity index (χ3n) is 4.02. The van der Waals surface area contributed by atoms with E-state index in [9.17, 15) is 13.2 Å². The molecule has 1 amide bonds. The number of amides is 1. The summed E-state index contributed by atoms with van der Waals surface area (Å²) in [4.78, 5) is 14.4. The van der Waals surface area contributed by atoms with Crippen LogP contribution in [0.2, 0.25) is 5.02 Å². The second-order valence-electron chi connectivity index (χ2n) is 5.90. The molecular weight excluding hydrogens is 324 g/mol. The summed E-state index contributed by atoms with van der Waals surface area (Å²) in [6.45, 7) is 2.95. The summed E-state index contributed by atoms with van der Waals surface area (Å²) in [5.41, 5.74) is 0.867. The number of carbonyl (C=O) groups is 1. The Morgan fingerprint density at radius 2 is 2.23 bits per heavy atom. The van der Waals surface area contributed by atoms with Gasteiger partial charge in [-0.1, -0.05) is 23.7 Å². The van der Waals surface area contributed by atoms with Gasteiger partial charge in [-0.2, -0.15) is 0 Å². The predicted octanol–water partition coefficient (Wildman–Crippen LogP) is 1.97. The number of halogens is 1. The van der Waals surface area contributed by atoms with Crippen molar-refractivity contribution < 1.29 is 13.2 Å². The Balaban J connectivity index is 2.05. The van der Waals surface area contributed by atoms with Crippen LogP contribution in [0.1, 0.15) is 31.2 Å². The van der Waals surface area contributed by atoms with E-state index >= 15 is 0 Å². The summed E-state index contributed by atoms with van der Waals surface area (Å²) in [6, 6.07) is 7.25. The van der Waals surface area contributed by atoms with Crippen LogP contribution in [0.5, 0.6) is 0 Å². The van der Waals surface area contributed by atoms with Gasteiger partial charge in [-0.05, 0) is 43.4 Å². The largest absolute Gasteiger partial charge is 0.342 e. The van der Waals surface area contributed by atoms with Crippen molar-refractivity contribution >= 4 is 27.5 Å². The molecule has 1 aromatic carbocycles. The number of carbonyl (C=O) groups excluding carboxylic acids is 1. The zero-order valence-corrected chi connectivity index (χ0v) is 14.1. The molecule has 0 aromatic heterocycles. The molecule has 22 heavy (non-hydrogen) atoms. The third kappa shape index (κ3) is 4.69. The predicted molar refractivity (Wildman–Crippen MR) is 87.1 cm³/mol. The van der Waals surface area contributed by atoms with Crippen molar-refractivity contribution in [3.8, 4) is 0 Å². The number of primary sulfonamides is 1. The van der Waals surface area contributed by atoms with Gasteiger partial charge in [0.2, 0.25) is 15.9 Å². The molecule has 1 fully saturated rings. The number of benzene rings is 1. The average molecular weight is 345 g/mol. The molecule has 2 rings (SSSR count). The number of nitrogens with two attached hydrogens (primary N) is 1. The number of sulfonamides is 1. The summed E-state index contributed by atoms with van der Waals surface area (Å²) in [6.07, 6.45) is 1.58. The van der Waals surface area contributed by atoms with Gasteiger partial charge in [0.1, 0.15) is 0 Å². The Morgan fingerprint density at radius 1 is 1.50 bits per heavy atom. The van der Waals surface area contributed by atoms with E-state index in [0.29, 0.717) is 18.1 Å². The first-order valence-corrected chi connectivity index (χ1v) is 9.40. The summed E-state index contributed by atoms with van der Waals surface area (Å²) in [7, 11) is -3.51. The van der Waals surface area contributed by atoms with E-state index in [1.807, 2.05) is 19.1 Å². The highest BCUT2D eigenvalue weighted by Crippen LogP contribution is 2.25. The zero-order chi connectivity index (χ0) is 16.3. The first kappa shape index (κ1) is 17.2. The van der Waals surface area contributed by atoms with Crippen molar-refractivity contribution in [2.75, 3.05) is 18.8 Å². The molecule has 1 aliphatic rings. The standard InChI is InChI=1S/C15H21ClN2O3S/c1-11(13-5-2-6-14(16)8-13)15(19)18-7-3-4-12(9-18)10-22(17,20)21/h2,5-6,8,11-12H,3-4,7,9-10H2,1H3,(H2,17,20,21). The van der Waals surface area contributed by atoms with Gasteiger partial charge in [-0.25, -0.2) is 13.6 Å². The van der Waals surface area contributed by atoms with Crippen LogP contribution in [-0.4, -0.2) is 38.1 Å². The Hall–Kier alpha value is -1.11. The molecule has 2 atom stereocenters. The van der Waals surface area contributed by atoms with Crippen molar-refractivity contribution in [2.45, 2.75) is 25.7 Å². The molecule has 2 N–H and O–H groups in total. The molecule has 1 aromatic rings. The lowest BCUT2D eigenvalue weighted by molar-refractivity contribution is -0.134. The number of hydrogen-bond acceptors (Lipinski definition) is 3. The fourth-order valence-corrected chi connectivity index (χ4v) is 4.05. The molecular formula is C15H21ClN2O3S. The average Bonchev–Trinajstić information content (AvgIpc) is 2.44. The zero-order valence-electron chi connectivity index (χ0n) is 12.5. The number of nitrogens with zero attached hydrogens (tertiary/aromatic N) is 1. The topological polar surface area (TPSA) is 80.5 Å². The van der Waals surface area contributed by atoms with Crippen LogP contribution in [0.4, 0.5) is 0 Å². The van der Waals surface area contributed by atoms with E-state index in [1.165, 1.54) is 0 Å². The molecule has 0 saturated carbocycles. The smallest absolute Gasteiger partial charge is 0.229 e. The monoisotopic (exact) mass is 344 g/mol. The van der Waals surface area contributed by atoms with E-state index in [4.69, 9.17) is 16.7 Å². The molecule has 0 bridgehead atoms. The minimum absolute atomic E-state index is 0.00128. The molecule has 1 saturated heterocycles. The van der Waals surface area contributed by atoms with Gasteiger partial charge in [0.15, 0.2) is 0 Å². The second kappa shape index (κ2) is 6.98. The summed E-state index contributed by atoms with van der Waals surface area (Å²) >= 11 is 5.97. The van der Waals surface area contributed by atoms with Crippen molar-refractivity contribution in [1.82, 2.24) is 4.90 Å². The van der Waals surface area contributed by atoms with E-state index < -0.39 is 10.0 Å². The Kier molecular flexibility index (Phi) is 5.47. The summed E-state index contributed by atoms with van der Waals surface area (Å²) in [5.74, 6) is -0.449. The lowest BCUT2D eigenvalue weighted by atomic mass is 9.95. The highest BCUT2D eigenvalue weighted by molar-refractivity contribution is 7.89. The molecule has 1 aliphatic heterocycles. The second-order valence-corrected chi connectivity index (χ2v) is 7.99. The van der Waals surface area contributed by atoms with Crippen LogP contribution >= 0.6 is 11.6 Å². The summed E-state index contributed by atoms with van der Waals surface area (Å²) in [5, 5.41) is 5.71. The fourth-order valence-electron chi connectivity index (χ4n) is 2.92. The van der Waals surface area contributed by atoms with Crippen LogP contribution in [0, 0.1) is 5.92 Å². The van der Waals surface area contributed by atoms with Crippen molar-refractivity contribution in [1.29, 1.82) is 0 Å². The maximum Gasteiger partial charge on any atom is 0.229 e. The van der Waals surface area contributed by atoms with Gasteiger partial charge < -0.3 is 4.90 Å². The van der Waals surface area contributed by atoms with E-state index in [1.54, 1.807) is 17.0 Å². The molecule has 1 heterocycles. The van der Waals surface area contributed by atoms with E-state index in [0.717, 1.165) is 18.4 Å². The quantitative estimate of drug-likeness (QED) is 0.906. The minimum atomic E-state index is -3.51. The number of piperidine rings is 1. The third-order valence-corrected chi connectivity index (χ3v) is 5.19. The number of likely N-dealkylation sites (tertiary alicyclic amines) is 1. The number of hydrogen-bond donors (Lipinski definition) is 1. The van der Waals surface area contributed by atoms with Crippen molar-refractivity contribution in [2.24, 2.45) is 11.1 Å². The lowest BCUT2D eigenvalue weighted by Gasteiger charge is -2.34. The van der Waals surface area contributed by atoms with Crippen LogP contribution < -0.4 is 5.14 Å². The molecule has 0 aliphatic carbocycles. The fraction of sp³-hybridized carbons (Fsp3) is 0.533. The Bertz CT molecular complexity index is 648. The highest BCUT2D eigenvalue weighted by Gasteiger charge is 2.29. The molecule has 7 heteroatoms. The highest BCUT2D eigenvalue weighted by atomic mass is 35.5. The van der Waals surface area contributed by atoms with Gasteiger partial charge in [0.05, 0.1) is 11.7 Å². The van der Waals surface area contributed by atoms with Crippen LogP contribution in [0.3, 0.4) is 0 Å². The van der Waals surface area contributed by atoms with Crippen LogP contribution in [0.15, 0.2) is 24.3 Å². The van der Waals surface area contributed by atoms with Gasteiger partial charge >= 0.3 is 0 Å². The SMILES string of the molecule is CC(C(=O)N1CCCC(CS(N)(=O)=O)C1)c1cccc(Cl)c1. The van der Waals surface area contributed by atoms with Crippen LogP contribution in [0.25, 0.3) is 0 Å². The molecule has 5 nitrogen and oxygen atoms in total. The van der Waals surface area contributed by atoms with E-state index in [2.05, 4.69) is 0 Å². The molecule has 122 valence electrons. The first-order chi connectivity index (χ1) is 10.3. The normalized spacial score (nSPS) is 20.7.